The summed E-state index contributed by atoms with van der Waals surface area (Å²) < 4.78 is 0. The molecule has 0 N–H and O–H groups in total. The first-order valence-electron chi connectivity index (χ1n) is 9.56. The van der Waals surface area contributed by atoms with Gasteiger partial charge in [0.15, 0.2) is 5.78 Å². The largest absolute Gasteiger partial charge is 0.292 e. The maximum Gasteiger partial charge on any atom is 0.239 e. The van der Waals surface area contributed by atoms with Gasteiger partial charge in [0, 0.05) is 16.6 Å². The minimum atomic E-state index is -0.624. The summed E-state index contributed by atoms with van der Waals surface area (Å²) in [5.41, 5.74) is 1.10. The molecular formula is C22H19ClN2O3. The van der Waals surface area contributed by atoms with Gasteiger partial charge in [-0.2, -0.15) is 0 Å². The highest BCUT2D eigenvalue weighted by Gasteiger charge is 2.64. The van der Waals surface area contributed by atoms with Crippen LogP contribution in [0.1, 0.15) is 23.2 Å². The van der Waals surface area contributed by atoms with E-state index in [9.17, 15) is 14.4 Å². The first kappa shape index (κ1) is 17.6. The highest BCUT2D eigenvalue weighted by atomic mass is 35.5. The normalized spacial score (nSPS) is 29.2. The van der Waals surface area contributed by atoms with E-state index in [-0.39, 0.29) is 23.6 Å². The van der Waals surface area contributed by atoms with Gasteiger partial charge in [-0.1, -0.05) is 41.9 Å². The highest BCUT2D eigenvalue weighted by molar-refractivity contribution is 6.31. The van der Waals surface area contributed by atoms with Crippen LogP contribution in [0, 0.1) is 11.8 Å². The molecule has 0 aliphatic carbocycles. The van der Waals surface area contributed by atoms with Crippen LogP contribution in [0.4, 0.5) is 5.69 Å². The first-order chi connectivity index (χ1) is 13.6. The summed E-state index contributed by atoms with van der Waals surface area (Å²) in [4.78, 5) is 43.3. The Bertz CT molecular complexity index is 960. The van der Waals surface area contributed by atoms with Crippen LogP contribution in [0.3, 0.4) is 0 Å². The molecule has 28 heavy (non-hydrogen) atoms. The standard InChI is InChI=1S/C22H19ClN2O3/c23-14-8-10-15(11-9-14)25-21(27)17-16-7-4-12-24(16)19(18(17)22(25)28)20(26)13-5-2-1-3-6-13/h1-3,5-6,8-11,16-19H,4,7,12H2/t16-,17-,18+,19-/m1/s1. The minimum absolute atomic E-state index is 0.0450. The van der Waals surface area contributed by atoms with Crippen LogP contribution >= 0.6 is 11.6 Å². The summed E-state index contributed by atoms with van der Waals surface area (Å²) in [6.45, 7) is 0.752. The van der Waals surface area contributed by atoms with Gasteiger partial charge in [-0.05, 0) is 43.7 Å². The van der Waals surface area contributed by atoms with Crippen LogP contribution in [0.15, 0.2) is 54.6 Å². The molecule has 2 aromatic carbocycles. The number of amides is 2. The molecule has 6 heteroatoms. The molecule has 0 radical (unpaired) electrons. The van der Waals surface area contributed by atoms with Crippen molar-refractivity contribution in [3.63, 3.8) is 0 Å². The van der Waals surface area contributed by atoms with Crippen LogP contribution < -0.4 is 4.90 Å². The summed E-state index contributed by atoms with van der Waals surface area (Å²) in [5.74, 6) is -1.62. The average molecular weight is 395 g/mol. The van der Waals surface area contributed by atoms with Crippen molar-refractivity contribution < 1.29 is 14.4 Å². The fourth-order valence-corrected chi connectivity index (χ4v) is 5.26. The molecule has 5 rings (SSSR count). The third kappa shape index (κ3) is 2.46. The number of halogens is 1. The van der Waals surface area contributed by atoms with Crippen LogP contribution in [-0.4, -0.2) is 41.1 Å². The lowest BCUT2D eigenvalue weighted by molar-refractivity contribution is -0.123. The predicted molar refractivity (Wildman–Crippen MR) is 105 cm³/mol. The van der Waals surface area contributed by atoms with Crippen molar-refractivity contribution >= 4 is 34.9 Å². The summed E-state index contributed by atoms with van der Waals surface area (Å²) in [7, 11) is 0. The van der Waals surface area contributed by atoms with Gasteiger partial charge in [0.2, 0.25) is 11.8 Å². The van der Waals surface area contributed by atoms with Gasteiger partial charge in [0.25, 0.3) is 0 Å². The number of Topliss-reactive ketones (excluding diaryl/α,β-unsaturated/α-hetero) is 1. The lowest BCUT2D eigenvalue weighted by Crippen LogP contribution is -2.46. The SMILES string of the molecule is O=C(c1ccccc1)[C@H]1[C@H]2C(=O)N(c3ccc(Cl)cc3)C(=O)[C@@H]2[C@H]2CCCN21. The molecule has 0 unspecified atom stereocenters. The molecule has 142 valence electrons. The lowest BCUT2D eigenvalue weighted by Gasteiger charge is -2.27. The Balaban J connectivity index is 1.55. The van der Waals surface area contributed by atoms with Crippen molar-refractivity contribution in [2.45, 2.75) is 24.9 Å². The molecule has 2 aromatic rings. The zero-order valence-electron chi connectivity index (χ0n) is 15.1. The summed E-state index contributed by atoms with van der Waals surface area (Å²) in [6.07, 6.45) is 1.78. The zero-order chi connectivity index (χ0) is 19.4. The molecule has 3 saturated heterocycles. The van der Waals surface area contributed by atoms with Gasteiger partial charge in [-0.15, -0.1) is 0 Å². The summed E-state index contributed by atoms with van der Waals surface area (Å²) in [5, 5.41) is 0.544. The van der Waals surface area contributed by atoms with E-state index >= 15 is 0 Å². The number of carbonyl (C=O) groups excluding carboxylic acids is 3. The first-order valence-corrected chi connectivity index (χ1v) is 9.94. The monoisotopic (exact) mass is 394 g/mol. The van der Waals surface area contributed by atoms with E-state index in [1.54, 1.807) is 36.4 Å². The van der Waals surface area contributed by atoms with E-state index in [2.05, 4.69) is 4.90 Å². The second-order valence-electron chi connectivity index (χ2n) is 7.66. The third-order valence-electron chi connectivity index (χ3n) is 6.26. The molecule has 3 fully saturated rings. The third-order valence-corrected chi connectivity index (χ3v) is 6.52. The van der Waals surface area contributed by atoms with Gasteiger partial charge in [0.05, 0.1) is 23.6 Å². The van der Waals surface area contributed by atoms with Gasteiger partial charge in [-0.3, -0.25) is 19.3 Å². The molecule has 0 saturated carbocycles. The molecule has 0 aromatic heterocycles. The molecule has 3 aliphatic rings. The Morgan fingerprint density at radius 3 is 2.32 bits per heavy atom. The van der Waals surface area contributed by atoms with Crippen molar-refractivity contribution in [1.82, 2.24) is 4.90 Å². The van der Waals surface area contributed by atoms with Crippen molar-refractivity contribution in [3.8, 4) is 0 Å². The van der Waals surface area contributed by atoms with Crippen molar-refractivity contribution in [2.75, 3.05) is 11.4 Å². The number of imide groups is 1. The Labute approximate surface area is 167 Å². The van der Waals surface area contributed by atoms with Crippen molar-refractivity contribution in [2.24, 2.45) is 11.8 Å². The van der Waals surface area contributed by atoms with Gasteiger partial charge in [0.1, 0.15) is 0 Å². The number of nitrogens with zero attached hydrogens (tertiary/aromatic N) is 2. The van der Waals surface area contributed by atoms with E-state index in [1.807, 2.05) is 18.2 Å². The zero-order valence-corrected chi connectivity index (χ0v) is 15.9. The van der Waals surface area contributed by atoms with E-state index in [1.165, 1.54) is 4.90 Å². The Hall–Kier alpha value is -2.50. The fourth-order valence-electron chi connectivity index (χ4n) is 5.13. The number of rotatable bonds is 3. The molecule has 4 atom stereocenters. The lowest BCUT2D eigenvalue weighted by atomic mass is 9.85. The quantitative estimate of drug-likeness (QED) is 0.592. The average Bonchev–Trinajstić information content (AvgIpc) is 3.35. The van der Waals surface area contributed by atoms with Gasteiger partial charge in [-0.25, -0.2) is 4.90 Å². The Kier molecular flexibility index (Phi) is 4.11. The number of benzene rings is 2. The van der Waals surface area contributed by atoms with Crippen LogP contribution in [0.5, 0.6) is 0 Å². The smallest absolute Gasteiger partial charge is 0.239 e. The van der Waals surface area contributed by atoms with Gasteiger partial charge >= 0.3 is 0 Å². The van der Waals surface area contributed by atoms with E-state index in [4.69, 9.17) is 11.6 Å². The maximum atomic E-state index is 13.4. The molecule has 2 amide bonds. The maximum absolute atomic E-state index is 13.4. The molecule has 3 heterocycles. The van der Waals surface area contributed by atoms with Crippen molar-refractivity contribution in [3.05, 3.63) is 65.2 Å². The summed E-state index contributed by atoms with van der Waals surface area (Å²) in [6, 6.07) is 15.1. The second-order valence-corrected chi connectivity index (χ2v) is 8.10. The highest BCUT2D eigenvalue weighted by Crippen LogP contribution is 2.48. The van der Waals surface area contributed by atoms with Gasteiger partial charge < -0.3 is 0 Å². The molecular weight excluding hydrogens is 376 g/mol. The predicted octanol–water partition coefficient (Wildman–Crippen LogP) is 3.18. The molecule has 0 bridgehead atoms. The minimum Gasteiger partial charge on any atom is -0.292 e. The topological polar surface area (TPSA) is 57.7 Å². The van der Waals surface area contributed by atoms with E-state index < -0.39 is 17.9 Å². The van der Waals surface area contributed by atoms with Crippen LogP contribution in [-0.2, 0) is 9.59 Å². The van der Waals surface area contributed by atoms with Crippen molar-refractivity contribution in [1.29, 1.82) is 0 Å². The molecule has 3 aliphatic heterocycles. The second kappa shape index (κ2) is 6.54. The van der Waals surface area contributed by atoms with E-state index in [0.717, 1.165) is 19.4 Å². The summed E-state index contributed by atoms with van der Waals surface area (Å²) >= 11 is 5.95. The number of hydrogen-bond donors (Lipinski definition) is 0. The number of hydrogen-bond acceptors (Lipinski definition) is 4. The fraction of sp³-hybridized carbons (Fsp3) is 0.318. The van der Waals surface area contributed by atoms with Crippen LogP contribution in [0.2, 0.25) is 5.02 Å². The van der Waals surface area contributed by atoms with Crippen LogP contribution in [0.25, 0.3) is 0 Å². The Morgan fingerprint density at radius 2 is 1.61 bits per heavy atom. The number of carbonyl (C=O) groups is 3. The van der Waals surface area contributed by atoms with E-state index in [0.29, 0.717) is 16.3 Å². The Morgan fingerprint density at radius 1 is 0.929 bits per heavy atom. The molecule has 5 nitrogen and oxygen atoms in total. The molecule has 0 spiro atoms. The number of fused-ring (bicyclic) bond motifs is 3. The number of ketones is 1. The number of anilines is 1.